The molecule has 0 saturated carbocycles. The van der Waals surface area contributed by atoms with Gasteiger partial charge in [0, 0.05) is 35.9 Å². The van der Waals surface area contributed by atoms with Gasteiger partial charge in [-0.1, -0.05) is 23.7 Å². The van der Waals surface area contributed by atoms with Gasteiger partial charge in [-0.3, -0.25) is 4.68 Å². The van der Waals surface area contributed by atoms with Gasteiger partial charge in [0.25, 0.3) is 0 Å². The average molecular weight is 323 g/mol. The molecule has 2 rings (SSSR count). The summed E-state index contributed by atoms with van der Waals surface area (Å²) in [5.41, 5.74) is 3.47. The first-order valence-corrected chi connectivity index (χ1v) is 7.66. The predicted octanol–water partition coefficient (Wildman–Crippen LogP) is 3.03. The summed E-state index contributed by atoms with van der Waals surface area (Å²) in [6, 6.07) is 7.70. The quantitative estimate of drug-likeness (QED) is 0.830. The van der Waals surface area contributed by atoms with Crippen molar-refractivity contribution in [2.75, 3.05) is 0 Å². The van der Waals surface area contributed by atoms with Crippen molar-refractivity contribution in [1.29, 1.82) is 0 Å². The van der Waals surface area contributed by atoms with Gasteiger partial charge in [0.1, 0.15) is 0 Å². The summed E-state index contributed by atoms with van der Waals surface area (Å²) in [4.78, 5) is 0. The van der Waals surface area contributed by atoms with E-state index >= 15 is 0 Å². The fraction of sp³-hybridized carbons (Fsp3) is 0.333. The first-order chi connectivity index (χ1) is 10.1. The molecular formula is C15H19ClN4S. The number of rotatable bonds is 5. The summed E-state index contributed by atoms with van der Waals surface area (Å²) >= 11 is 11.1. The lowest BCUT2D eigenvalue weighted by molar-refractivity contribution is 0.637. The molecule has 0 saturated heterocycles. The number of benzene rings is 1. The second-order valence-electron chi connectivity index (χ2n) is 4.73. The Kier molecular flexibility index (Phi) is 5.59. The minimum absolute atomic E-state index is 0.633. The Hall–Kier alpha value is -1.59. The molecule has 0 bridgehead atoms. The highest BCUT2D eigenvalue weighted by molar-refractivity contribution is 7.80. The van der Waals surface area contributed by atoms with Gasteiger partial charge in [0.15, 0.2) is 5.11 Å². The predicted molar refractivity (Wildman–Crippen MR) is 90.4 cm³/mol. The Balaban J connectivity index is 1.79. The van der Waals surface area contributed by atoms with Gasteiger partial charge >= 0.3 is 0 Å². The number of aryl methyl sites for hydroxylation is 1. The number of hydrogen-bond acceptors (Lipinski definition) is 2. The van der Waals surface area contributed by atoms with Crippen LogP contribution in [0.2, 0.25) is 5.02 Å². The highest BCUT2D eigenvalue weighted by atomic mass is 35.5. The summed E-state index contributed by atoms with van der Waals surface area (Å²) in [5.74, 6) is 0. The molecule has 21 heavy (non-hydrogen) atoms. The van der Waals surface area contributed by atoms with Crippen LogP contribution in [0.5, 0.6) is 0 Å². The first kappa shape index (κ1) is 15.8. The van der Waals surface area contributed by atoms with Gasteiger partial charge in [0.05, 0.1) is 6.20 Å². The Bertz CT molecular complexity index is 607. The molecule has 1 aromatic carbocycles. The number of thiocarbonyl (C=S) groups is 1. The fourth-order valence-electron chi connectivity index (χ4n) is 2.00. The summed E-state index contributed by atoms with van der Waals surface area (Å²) in [6.07, 6.45) is 1.88. The molecule has 0 spiro atoms. The number of halogens is 1. The molecule has 6 heteroatoms. The van der Waals surface area contributed by atoms with Crippen LogP contribution in [-0.2, 0) is 19.6 Å². The molecule has 0 amide bonds. The molecule has 0 aliphatic heterocycles. The van der Waals surface area contributed by atoms with Crippen LogP contribution in [0.15, 0.2) is 30.5 Å². The van der Waals surface area contributed by atoms with Crippen LogP contribution < -0.4 is 10.6 Å². The number of aromatic nitrogens is 2. The standard InChI is InChI=1S/C15H19ClN4S/c1-3-20-11(2)13(10-19-20)9-18-15(21)17-8-12-4-6-14(16)7-5-12/h4-7,10H,3,8-9H2,1-2H3,(H2,17,18,21). The van der Waals surface area contributed by atoms with Gasteiger partial charge in [-0.25, -0.2) is 0 Å². The molecule has 0 aliphatic rings. The van der Waals surface area contributed by atoms with E-state index in [1.54, 1.807) is 0 Å². The third-order valence-electron chi connectivity index (χ3n) is 3.31. The van der Waals surface area contributed by atoms with E-state index in [2.05, 4.69) is 29.6 Å². The molecule has 2 aromatic rings. The van der Waals surface area contributed by atoms with E-state index in [4.69, 9.17) is 23.8 Å². The molecule has 112 valence electrons. The van der Waals surface area contributed by atoms with Crippen LogP contribution in [0, 0.1) is 6.92 Å². The van der Waals surface area contributed by atoms with Crippen LogP contribution >= 0.6 is 23.8 Å². The fourth-order valence-corrected chi connectivity index (χ4v) is 2.27. The van der Waals surface area contributed by atoms with Crippen molar-refractivity contribution in [2.24, 2.45) is 0 Å². The summed E-state index contributed by atoms with van der Waals surface area (Å²) in [6.45, 7) is 6.38. The van der Waals surface area contributed by atoms with Crippen LogP contribution in [0.4, 0.5) is 0 Å². The molecule has 0 radical (unpaired) electrons. The second-order valence-corrected chi connectivity index (χ2v) is 5.58. The highest BCUT2D eigenvalue weighted by Crippen LogP contribution is 2.09. The first-order valence-electron chi connectivity index (χ1n) is 6.87. The minimum atomic E-state index is 0.633. The molecule has 4 nitrogen and oxygen atoms in total. The zero-order valence-electron chi connectivity index (χ0n) is 12.2. The molecule has 1 heterocycles. The van der Waals surface area contributed by atoms with E-state index < -0.39 is 0 Å². The van der Waals surface area contributed by atoms with Crippen molar-refractivity contribution >= 4 is 28.9 Å². The zero-order chi connectivity index (χ0) is 15.2. The van der Waals surface area contributed by atoms with E-state index in [9.17, 15) is 0 Å². The maximum atomic E-state index is 5.85. The number of nitrogens with zero attached hydrogens (tertiary/aromatic N) is 2. The Labute approximate surface area is 135 Å². The number of nitrogens with one attached hydrogen (secondary N) is 2. The topological polar surface area (TPSA) is 41.9 Å². The molecule has 0 atom stereocenters. The van der Waals surface area contributed by atoms with Crippen molar-refractivity contribution in [3.63, 3.8) is 0 Å². The molecule has 2 N–H and O–H groups in total. The van der Waals surface area contributed by atoms with Crippen molar-refractivity contribution in [3.8, 4) is 0 Å². The Morgan fingerprint density at radius 3 is 2.52 bits per heavy atom. The van der Waals surface area contributed by atoms with Gasteiger partial charge < -0.3 is 10.6 Å². The maximum Gasteiger partial charge on any atom is 0.166 e. The van der Waals surface area contributed by atoms with Gasteiger partial charge in [0.2, 0.25) is 0 Å². The Morgan fingerprint density at radius 2 is 1.90 bits per heavy atom. The zero-order valence-corrected chi connectivity index (χ0v) is 13.8. The summed E-state index contributed by atoms with van der Waals surface area (Å²) < 4.78 is 1.97. The van der Waals surface area contributed by atoms with Crippen LogP contribution in [0.25, 0.3) is 0 Å². The van der Waals surface area contributed by atoms with Gasteiger partial charge in [-0.15, -0.1) is 0 Å². The van der Waals surface area contributed by atoms with E-state index in [1.807, 2.05) is 35.1 Å². The SMILES string of the molecule is CCn1ncc(CNC(=S)NCc2ccc(Cl)cc2)c1C. The van der Waals surface area contributed by atoms with E-state index in [1.165, 1.54) is 5.69 Å². The van der Waals surface area contributed by atoms with E-state index in [-0.39, 0.29) is 0 Å². The van der Waals surface area contributed by atoms with Crippen molar-refractivity contribution in [3.05, 3.63) is 52.3 Å². The molecule has 0 unspecified atom stereocenters. The molecule has 0 aliphatic carbocycles. The highest BCUT2D eigenvalue weighted by Gasteiger charge is 2.05. The minimum Gasteiger partial charge on any atom is -0.359 e. The summed E-state index contributed by atoms with van der Waals surface area (Å²) in [5, 5.41) is 12.1. The second kappa shape index (κ2) is 7.43. The molecular weight excluding hydrogens is 304 g/mol. The van der Waals surface area contributed by atoms with E-state index in [0.717, 1.165) is 22.7 Å². The molecule has 0 fully saturated rings. The van der Waals surface area contributed by atoms with Crippen molar-refractivity contribution in [2.45, 2.75) is 33.5 Å². The lowest BCUT2D eigenvalue weighted by Crippen LogP contribution is -2.34. The van der Waals surface area contributed by atoms with Crippen LogP contribution in [0.1, 0.15) is 23.7 Å². The largest absolute Gasteiger partial charge is 0.359 e. The van der Waals surface area contributed by atoms with E-state index in [0.29, 0.717) is 18.2 Å². The van der Waals surface area contributed by atoms with Gasteiger partial charge in [-0.05, 0) is 43.8 Å². The summed E-state index contributed by atoms with van der Waals surface area (Å²) in [7, 11) is 0. The average Bonchev–Trinajstić information content (AvgIpc) is 2.85. The normalized spacial score (nSPS) is 10.4. The molecule has 1 aromatic heterocycles. The third-order valence-corrected chi connectivity index (χ3v) is 3.85. The lowest BCUT2D eigenvalue weighted by Gasteiger charge is -2.10. The monoisotopic (exact) mass is 322 g/mol. The maximum absolute atomic E-state index is 5.85. The van der Waals surface area contributed by atoms with Crippen molar-refractivity contribution in [1.82, 2.24) is 20.4 Å². The number of hydrogen-bond donors (Lipinski definition) is 2. The Morgan fingerprint density at radius 1 is 1.24 bits per heavy atom. The van der Waals surface area contributed by atoms with Crippen molar-refractivity contribution < 1.29 is 0 Å². The van der Waals surface area contributed by atoms with Crippen LogP contribution in [0.3, 0.4) is 0 Å². The third kappa shape index (κ3) is 4.44. The van der Waals surface area contributed by atoms with Gasteiger partial charge in [-0.2, -0.15) is 5.10 Å². The smallest absolute Gasteiger partial charge is 0.166 e. The lowest BCUT2D eigenvalue weighted by atomic mass is 10.2. The van der Waals surface area contributed by atoms with Crippen LogP contribution in [-0.4, -0.2) is 14.9 Å².